The van der Waals surface area contributed by atoms with Gasteiger partial charge in [-0.15, -0.1) is 0 Å². The summed E-state index contributed by atoms with van der Waals surface area (Å²) in [5.74, 6) is 0.869. The molecule has 7 heteroatoms. The third kappa shape index (κ3) is 3.90. The first-order valence-corrected chi connectivity index (χ1v) is 8.58. The zero-order valence-electron chi connectivity index (χ0n) is 11.3. The van der Waals surface area contributed by atoms with Gasteiger partial charge in [0.05, 0.1) is 24.7 Å². The summed E-state index contributed by atoms with van der Waals surface area (Å²) in [5, 5.41) is 2.96. The standard InChI is InChI=1S/C12H22N2O4S/c1-13-11-9-18-5-4-14(12(11)15)8-10-2-6-19(16,17)7-3-10/h10-11,13H,2-9H2,1H3. The molecule has 0 aromatic heterocycles. The summed E-state index contributed by atoms with van der Waals surface area (Å²) in [6, 6.07) is -0.283. The van der Waals surface area contributed by atoms with E-state index in [1.165, 1.54) is 0 Å². The van der Waals surface area contributed by atoms with Crippen molar-refractivity contribution in [1.29, 1.82) is 0 Å². The van der Waals surface area contributed by atoms with Crippen molar-refractivity contribution in [2.45, 2.75) is 18.9 Å². The van der Waals surface area contributed by atoms with Crippen LogP contribution in [0.4, 0.5) is 0 Å². The summed E-state index contributed by atoms with van der Waals surface area (Å²) in [6.45, 7) is 2.20. The van der Waals surface area contributed by atoms with E-state index in [4.69, 9.17) is 4.74 Å². The Morgan fingerprint density at radius 3 is 2.68 bits per heavy atom. The van der Waals surface area contributed by atoms with Gasteiger partial charge in [-0.3, -0.25) is 4.79 Å². The molecule has 0 aromatic rings. The number of likely N-dealkylation sites (N-methyl/N-ethyl adjacent to an activating group) is 1. The van der Waals surface area contributed by atoms with Crippen LogP contribution in [0.3, 0.4) is 0 Å². The molecule has 2 rings (SSSR count). The van der Waals surface area contributed by atoms with E-state index in [1.807, 2.05) is 4.90 Å². The Morgan fingerprint density at radius 2 is 2.05 bits per heavy atom. The molecule has 1 unspecified atom stereocenters. The summed E-state index contributed by atoms with van der Waals surface area (Å²) >= 11 is 0. The molecule has 0 radical (unpaired) electrons. The number of hydrogen-bond donors (Lipinski definition) is 1. The van der Waals surface area contributed by atoms with Crippen LogP contribution in [-0.4, -0.2) is 70.1 Å². The predicted molar refractivity (Wildman–Crippen MR) is 71.6 cm³/mol. The van der Waals surface area contributed by atoms with Crippen molar-refractivity contribution in [3.8, 4) is 0 Å². The molecule has 2 heterocycles. The van der Waals surface area contributed by atoms with Gasteiger partial charge in [0, 0.05) is 13.1 Å². The van der Waals surface area contributed by atoms with Gasteiger partial charge in [-0.05, 0) is 25.8 Å². The number of ether oxygens (including phenoxy) is 1. The molecule has 110 valence electrons. The van der Waals surface area contributed by atoms with E-state index in [9.17, 15) is 13.2 Å². The number of rotatable bonds is 3. The monoisotopic (exact) mass is 290 g/mol. The van der Waals surface area contributed by atoms with Crippen LogP contribution in [-0.2, 0) is 19.4 Å². The van der Waals surface area contributed by atoms with Crippen molar-refractivity contribution in [2.24, 2.45) is 5.92 Å². The Morgan fingerprint density at radius 1 is 1.37 bits per heavy atom. The zero-order valence-corrected chi connectivity index (χ0v) is 12.1. The van der Waals surface area contributed by atoms with Crippen LogP contribution >= 0.6 is 0 Å². The molecule has 0 spiro atoms. The molecule has 0 bridgehead atoms. The summed E-state index contributed by atoms with van der Waals surface area (Å²) in [6.07, 6.45) is 1.33. The summed E-state index contributed by atoms with van der Waals surface area (Å²) in [5.41, 5.74) is 0. The lowest BCUT2D eigenvalue weighted by molar-refractivity contribution is -0.133. The first kappa shape index (κ1) is 14.7. The Hall–Kier alpha value is -0.660. The molecule has 6 nitrogen and oxygen atoms in total. The number of carbonyl (C=O) groups excluding carboxylic acids is 1. The molecule has 2 aliphatic heterocycles. The third-order valence-corrected chi connectivity index (χ3v) is 5.62. The van der Waals surface area contributed by atoms with Crippen molar-refractivity contribution in [2.75, 3.05) is 44.9 Å². The van der Waals surface area contributed by atoms with Crippen LogP contribution in [0.25, 0.3) is 0 Å². The van der Waals surface area contributed by atoms with Crippen LogP contribution in [0.1, 0.15) is 12.8 Å². The van der Waals surface area contributed by atoms with Crippen molar-refractivity contribution in [3.63, 3.8) is 0 Å². The lowest BCUT2D eigenvalue weighted by atomic mass is 10.0. The minimum atomic E-state index is -2.83. The normalized spacial score (nSPS) is 29.2. The number of hydrogen-bond acceptors (Lipinski definition) is 5. The van der Waals surface area contributed by atoms with E-state index >= 15 is 0 Å². The van der Waals surface area contributed by atoms with Crippen molar-refractivity contribution >= 4 is 15.7 Å². The molecule has 0 saturated carbocycles. The average molecular weight is 290 g/mol. The van der Waals surface area contributed by atoms with Crippen LogP contribution in [0.2, 0.25) is 0 Å². The fourth-order valence-electron chi connectivity index (χ4n) is 2.60. The summed E-state index contributed by atoms with van der Waals surface area (Å²) in [4.78, 5) is 14.1. The topological polar surface area (TPSA) is 75.7 Å². The maximum Gasteiger partial charge on any atom is 0.242 e. The molecular weight excluding hydrogens is 268 g/mol. The number of carbonyl (C=O) groups is 1. The van der Waals surface area contributed by atoms with Crippen LogP contribution in [0.5, 0.6) is 0 Å². The molecule has 0 aromatic carbocycles. The molecule has 2 saturated heterocycles. The highest BCUT2D eigenvalue weighted by Crippen LogP contribution is 2.20. The number of amides is 1. The van der Waals surface area contributed by atoms with Crippen molar-refractivity contribution in [3.05, 3.63) is 0 Å². The smallest absolute Gasteiger partial charge is 0.242 e. The van der Waals surface area contributed by atoms with E-state index in [0.29, 0.717) is 45.1 Å². The van der Waals surface area contributed by atoms with E-state index in [0.717, 1.165) is 0 Å². The van der Waals surface area contributed by atoms with Gasteiger partial charge >= 0.3 is 0 Å². The Bertz CT molecular complexity index is 409. The fourth-order valence-corrected chi connectivity index (χ4v) is 4.19. The summed E-state index contributed by atoms with van der Waals surface area (Å²) < 4.78 is 28.2. The lowest BCUT2D eigenvalue weighted by Crippen LogP contribution is -2.48. The molecule has 2 fully saturated rings. The van der Waals surface area contributed by atoms with Gasteiger partial charge in [-0.25, -0.2) is 8.42 Å². The maximum absolute atomic E-state index is 12.2. The van der Waals surface area contributed by atoms with Crippen molar-refractivity contribution in [1.82, 2.24) is 10.2 Å². The highest BCUT2D eigenvalue weighted by atomic mass is 32.2. The zero-order chi connectivity index (χ0) is 13.9. The highest BCUT2D eigenvalue weighted by molar-refractivity contribution is 7.91. The van der Waals surface area contributed by atoms with E-state index in [2.05, 4.69) is 5.32 Å². The largest absolute Gasteiger partial charge is 0.377 e. The molecule has 19 heavy (non-hydrogen) atoms. The van der Waals surface area contributed by atoms with E-state index in [-0.39, 0.29) is 23.5 Å². The quantitative estimate of drug-likeness (QED) is 0.741. The molecule has 2 aliphatic rings. The Balaban J connectivity index is 1.92. The Labute approximate surface area is 114 Å². The molecule has 1 atom stereocenters. The van der Waals surface area contributed by atoms with Gasteiger partial charge in [-0.1, -0.05) is 0 Å². The first-order chi connectivity index (χ1) is 9.02. The van der Waals surface area contributed by atoms with Crippen molar-refractivity contribution < 1.29 is 17.9 Å². The van der Waals surface area contributed by atoms with Gasteiger partial charge in [0.2, 0.25) is 5.91 Å². The van der Waals surface area contributed by atoms with Gasteiger partial charge in [0.25, 0.3) is 0 Å². The summed E-state index contributed by atoms with van der Waals surface area (Å²) in [7, 11) is -1.08. The second-order valence-electron chi connectivity index (χ2n) is 5.30. The van der Waals surface area contributed by atoms with Gasteiger partial charge in [0.15, 0.2) is 0 Å². The highest BCUT2D eigenvalue weighted by Gasteiger charge is 2.30. The molecule has 1 amide bonds. The average Bonchev–Trinajstić information content (AvgIpc) is 2.55. The maximum atomic E-state index is 12.2. The van der Waals surface area contributed by atoms with E-state index < -0.39 is 9.84 Å². The SMILES string of the molecule is CNC1COCCN(CC2CCS(=O)(=O)CC2)C1=O. The van der Waals surface area contributed by atoms with Crippen LogP contribution in [0, 0.1) is 5.92 Å². The van der Waals surface area contributed by atoms with Gasteiger partial charge in [-0.2, -0.15) is 0 Å². The fraction of sp³-hybridized carbons (Fsp3) is 0.917. The number of sulfone groups is 1. The van der Waals surface area contributed by atoms with Crippen LogP contribution < -0.4 is 5.32 Å². The van der Waals surface area contributed by atoms with Gasteiger partial charge < -0.3 is 15.0 Å². The molecule has 0 aliphatic carbocycles. The minimum absolute atomic E-state index is 0.0634. The number of nitrogens with zero attached hydrogens (tertiary/aromatic N) is 1. The second kappa shape index (κ2) is 6.19. The molecule has 1 N–H and O–H groups in total. The van der Waals surface area contributed by atoms with E-state index in [1.54, 1.807) is 7.05 Å². The van der Waals surface area contributed by atoms with Gasteiger partial charge in [0.1, 0.15) is 15.9 Å². The predicted octanol–water partition coefficient (Wildman–Crippen LogP) is -0.742. The number of nitrogens with one attached hydrogen (secondary N) is 1. The lowest BCUT2D eigenvalue weighted by Gasteiger charge is -2.30. The third-order valence-electron chi connectivity index (χ3n) is 3.90. The Kier molecular flexibility index (Phi) is 4.81. The molecular formula is C12H22N2O4S. The second-order valence-corrected chi connectivity index (χ2v) is 7.60. The minimum Gasteiger partial charge on any atom is -0.377 e. The first-order valence-electron chi connectivity index (χ1n) is 6.76. The van der Waals surface area contributed by atoms with Crippen LogP contribution in [0.15, 0.2) is 0 Å².